The first-order valence-corrected chi connectivity index (χ1v) is 3.87. The van der Waals surface area contributed by atoms with Gasteiger partial charge in [-0.05, 0) is 19.4 Å². The minimum Gasteiger partial charge on any atom is -0.504 e. The lowest BCUT2D eigenvalue weighted by Gasteiger charge is -2.05. The van der Waals surface area contributed by atoms with E-state index in [1.165, 1.54) is 6.26 Å². The van der Waals surface area contributed by atoms with Crippen molar-refractivity contribution >= 4 is 0 Å². The third kappa shape index (κ3) is 1.12. The molecule has 2 rings (SSSR count). The Labute approximate surface area is 65.0 Å². The summed E-state index contributed by atoms with van der Waals surface area (Å²) in [6.45, 7) is 1.02. The van der Waals surface area contributed by atoms with E-state index < -0.39 is 0 Å². The minimum absolute atomic E-state index is 0.227. The van der Waals surface area contributed by atoms with Gasteiger partial charge in [-0.25, -0.2) is 0 Å². The van der Waals surface area contributed by atoms with Crippen molar-refractivity contribution in [3.63, 3.8) is 0 Å². The maximum absolute atomic E-state index is 9.28. The largest absolute Gasteiger partial charge is 0.504 e. The van der Waals surface area contributed by atoms with Gasteiger partial charge in [-0.1, -0.05) is 0 Å². The molecule has 2 heterocycles. The SMILES string of the molecule is Oc1ccoc1C1CCCN1. The van der Waals surface area contributed by atoms with Crippen LogP contribution in [0.2, 0.25) is 0 Å². The van der Waals surface area contributed by atoms with E-state index in [4.69, 9.17) is 4.42 Å². The van der Waals surface area contributed by atoms with Gasteiger partial charge >= 0.3 is 0 Å². The first kappa shape index (κ1) is 6.73. The fourth-order valence-corrected chi connectivity index (χ4v) is 1.48. The summed E-state index contributed by atoms with van der Waals surface area (Å²) >= 11 is 0. The van der Waals surface area contributed by atoms with Crippen LogP contribution in [0.5, 0.6) is 5.75 Å². The van der Waals surface area contributed by atoms with Crippen LogP contribution in [0.1, 0.15) is 24.6 Å². The molecule has 0 aliphatic carbocycles. The summed E-state index contributed by atoms with van der Waals surface area (Å²) in [6, 6.07) is 1.81. The lowest BCUT2D eigenvalue weighted by molar-refractivity contribution is 0.395. The van der Waals surface area contributed by atoms with Crippen LogP contribution in [0, 0.1) is 0 Å². The van der Waals surface area contributed by atoms with Crippen molar-refractivity contribution in [2.75, 3.05) is 6.54 Å². The molecule has 1 aliphatic heterocycles. The van der Waals surface area contributed by atoms with Crippen molar-refractivity contribution in [1.29, 1.82) is 0 Å². The van der Waals surface area contributed by atoms with Crippen molar-refractivity contribution < 1.29 is 9.52 Å². The molecule has 0 aromatic carbocycles. The molecule has 1 fully saturated rings. The van der Waals surface area contributed by atoms with Crippen LogP contribution >= 0.6 is 0 Å². The second-order valence-electron chi connectivity index (χ2n) is 2.82. The van der Waals surface area contributed by atoms with Gasteiger partial charge < -0.3 is 14.8 Å². The fourth-order valence-electron chi connectivity index (χ4n) is 1.48. The standard InChI is InChI=1S/C8H11NO2/c10-7-3-5-11-8(7)6-2-1-4-9-6/h3,5-6,9-10H,1-2,4H2. The Hall–Kier alpha value is -0.960. The number of hydrogen-bond donors (Lipinski definition) is 2. The van der Waals surface area contributed by atoms with Crippen LogP contribution in [-0.2, 0) is 0 Å². The number of hydrogen-bond acceptors (Lipinski definition) is 3. The highest BCUT2D eigenvalue weighted by Crippen LogP contribution is 2.30. The van der Waals surface area contributed by atoms with E-state index in [2.05, 4.69) is 5.32 Å². The number of nitrogens with one attached hydrogen (secondary N) is 1. The van der Waals surface area contributed by atoms with Gasteiger partial charge in [0.05, 0.1) is 12.3 Å². The highest BCUT2D eigenvalue weighted by atomic mass is 16.4. The van der Waals surface area contributed by atoms with Gasteiger partial charge in [-0.2, -0.15) is 0 Å². The normalized spacial score (nSPS) is 24.2. The second-order valence-corrected chi connectivity index (χ2v) is 2.82. The Kier molecular flexibility index (Phi) is 1.58. The van der Waals surface area contributed by atoms with Crippen LogP contribution in [0.25, 0.3) is 0 Å². The van der Waals surface area contributed by atoms with Crippen molar-refractivity contribution in [3.05, 3.63) is 18.1 Å². The zero-order valence-electron chi connectivity index (χ0n) is 6.21. The van der Waals surface area contributed by atoms with Gasteiger partial charge in [-0.15, -0.1) is 0 Å². The summed E-state index contributed by atoms with van der Waals surface area (Å²) in [5.41, 5.74) is 0. The highest BCUT2D eigenvalue weighted by molar-refractivity contribution is 5.25. The molecule has 1 atom stereocenters. The molecule has 1 aromatic rings. The van der Waals surface area contributed by atoms with Gasteiger partial charge in [0, 0.05) is 6.07 Å². The zero-order valence-corrected chi connectivity index (χ0v) is 6.21. The van der Waals surface area contributed by atoms with Crippen LogP contribution in [-0.4, -0.2) is 11.7 Å². The Bertz CT molecular complexity index is 238. The molecule has 1 saturated heterocycles. The van der Waals surface area contributed by atoms with E-state index in [1.807, 2.05) is 0 Å². The van der Waals surface area contributed by atoms with Gasteiger partial charge in [0.15, 0.2) is 11.5 Å². The Morgan fingerprint density at radius 3 is 3.09 bits per heavy atom. The number of rotatable bonds is 1. The van der Waals surface area contributed by atoms with E-state index in [0.717, 1.165) is 19.4 Å². The molecule has 2 N–H and O–H groups in total. The molecule has 1 aliphatic rings. The molecule has 1 unspecified atom stereocenters. The molecule has 0 spiro atoms. The van der Waals surface area contributed by atoms with E-state index in [0.29, 0.717) is 5.76 Å². The van der Waals surface area contributed by atoms with E-state index >= 15 is 0 Å². The van der Waals surface area contributed by atoms with Crippen molar-refractivity contribution in [1.82, 2.24) is 5.32 Å². The molecule has 0 bridgehead atoms. The smallest absolute Gasteiger partial charge is 0.162 e. The van der Waals surface area contributed by atoms with Crippen LogP contribution in [0.4, 0.5) is 0 Å². The summed E-state index contributed by atoms with van der Waals surface area (Å²) in [5.74, 6) is 0.951. The number of furan rings is 1. The molecule has 3 heteroatoms. The summed E-state index contributed by atoms with van der Waals surface area (Å²) in [5, 5.41) is 12.5. The zero-order chi connectivity index (χ0) is 7.68. The monoisotopic (exact) mass is 153 g/mol. The summed E-state index contributed by atoms with van der Waals surface area (Å²) < 4.78 is 5.14. The molecule has 60 valence electrons. The van der Waals surface area contributed by atoms with Crippen molar-refractivity contribution in [2.24, 2.45) is 0 Å². The first-order chi connectivity index (χ1) is 5.38. The summed E-state index contributed by atoms with van der Waals surface area (Å²) in [6.07, 6.45) is 3.73. The maximum Gasteiger partial charge on any atom is 0.162 e. The van der Waals surface area contributed by atoms with Gasteiger partial charge in [0.1, 0.15) is 0 Å². The fraction of sp³-hybridized carbons (Fsp3) is 0.500. The third-order valence-corrected chi connectivity index (χ3v) is 2.05. The average molecular weight is 153 g/mol. The number of aromatic hydroxyl groups is 1. The predicted molar refractivity (Wildman–Crippen MR) is 40.4 cm³/mol. The molecular weight excluding hydrogens is 142 g/mol. The van der Waals surface area contributed by atoms with E-state index in [-0.39, 0.29) is 11.8 Å². The Morgan fingerprint density at radius 1 is 1.64 bits per heavy atom. The summed E-state index contributed by atoms with van der Waals surface area (Å²) in [7, 11) is 0. The maximum atomic E-state index is 9.28. The lowest BCUT2D eigenvalue weighted by atomic mass is 10.2. The highest BCUT2D eigenvalue weighted by Gasteiger charge is 2.21. The molecular formula is C8H11NO2. The topological polar surface area (TPSA) is 45.4 Å². The molecule has 3 nitrogen and oxygen atoms in total. The predicted octanol–water partition coefficient (Wildman–Crippen LogP) is 1.41. The minimum atomic E-state index is 0.227. The molecule has 0 radical (unpaired) electrons. The van der Waals surface area contributed by atoms with Crippen molar-refractivity contribution in [3.8, 4) is 5.75 Å². The van der Waals surface area contributed by atoms with Crippen LogP contribution < -0.4 is 5.32 Å². The van der Waals surface area contributed by atoms with Gasteiger partial charge in [-0.3, -0.25) is 0 Å². The van der Waals surface area contributed by atoms with Gasteiger partial charge in [0.2, 0.25) is 0 Å². The van der Waals surface area contributed by atoms with Crippen LogP contribution in [0.3, 0.4) is 0 Å². The Balaban J connectivity index is 2.21. The quantitative estimate of drug-likeness (QED) is 0.641. The third-order valence-electron chi connectivity index (χ3n) is 2.05. The van der Waals surface area contributed by atoms with E-state index in [9.17, 15) is 5.11 Å². The van der Waals surface area contributed by atoms with Crippen LogP contribution in [0.15, 0.2) is 16.7 Å². The van der Waals surface area contributed by atoms with E-state index in [1.54, 1.807) is 6.07 Å². The first-order valence-electron chi connectivity index (χ1n) is 3.87. The Morgan fingerprint density at radius 2 is 2.55 bits per heavy atom. The average Bonchev–Trinajstić information content (AvgIpc) is 2.55. The molecule has 1 aromatic heterocycles. The summed E-state index contributed by atoms with van der Waals surface area (Å²) in [4.78, 5) is 0. The lowest BCUT2D eigenvalue weighted by Crippen LogP contribution is -2.11. The molecule has 0 amide bonds. The van der Waals surface area contributed by atoms with Crippen molar-refractivity contribution in [2.45, 2.75) is 18.9 Å². The second kappa shape index (κ2) is 2.58. The molecule has 0 saturated carbocycles. The molecule has 11 heavy (non-hydrogen) atoms. The van der Waals surface area contributed by atoms with Gasteiger partial charge in [0.25, 0.3) is 0 Å².